The summed E-state index contributed by atoms with van der Waals surface area (Å²) in [5.74, 6) is 1.41. The average Bonchev–Trinajstić information content (AvgIpc) is 2.28. The van der Waals surface area contributed by atoms with Gasteiger partial charge in [-0.3, -0.25) is 0 Å². The highest BCUT2D eigenvalue weighted by molar-refractivity contribution is 5.36. The second-order valence-corrected chi connectivity index (χ2v) is 5.00. The number of hydrogen-bond donors (Lipinski definition) is 1. The zero-order chi connectivity index (χ0) is 12.8. The molecular weight excluding hydrogens is 210 g/mol. The number of para-hydroxylation sites is 1. The Balaban J connectivity index is 2.88. The molecule has 0 heterocycles. The van der Waals surface area contributed by atoms with Crippen molar-refractivity contribution < 1.29 is 4.74 Å². The standard InChI is InChI=1S/C15H25NO/c1-5-8-12(4)15(16)13-9-6-7-10-14(13)17-11(2)3/h6-7,9-12,15H,5,8,16H2,1-4H3. The van der Waals surface area contributed by atoms with Crippen LogP contribution in [0.4, 0.5) is 0 Å². The van der Waals surface area contributed by atoms with E-state index in [9.17, 15) is 0 Å². The van der Waals surface area contributed by atoms with E-state index in [-0.39, 0.29) is 12.1 Å². The first-order valence-corrected chi connectivity index (χ1v) is 6.57. The van der Waals surface area contributed by atoms with E-state index in [0.29, 0.717) is 5.92 Å². The molecule has 17 heavy (non-hydrogen) atoms. The third kappa shape index (κ3) is 4.04. The molecule has 0 saturated carbocycles. The van der Waals surface area contributed by atoms with Gasteiger partial charge in [-0.05, 0) is 32.3 Å². The maximum absolute atomic E-state index is 6.32. The van der Waals surface area contributed by atoms with Crippen molar-refractivity contribution in [2.45, 2.75) is 52.7 Å². The number of rotatable bonds is 6. The van der Waals surface area contributed by atoms with Crippen LogP contribution in [0.3, 0.4) is 0 Å². The fourth-order valence-corrected chi connectivity index (χ4v) is 2.06. The highest BCUT2D eigenvalue weighted by Gasteiger charge is 2.18. The zero-order valence-electron chi connectivity index (χ0n) is 11.4. The summed E-state index contributed by atoms with van der Waals surface area (Å²) >= 11 is 0. The molecule has 2 N–H and O–H groups in total. The molecule has 0 aromatic heterocycles. The summed E-state index contributed by atoms with van der Waals surface area (Å²) in [6.07, 6.45) is 2.50. The van der Waals surface area contributed by atoms with Gasteiger partial charge in [0.05, 0.1) is 6.10 Å². The Morgan fingerprint density at radius 3 is 2.41 bits per heavy atom. The molecule has 0 radical (unpaired) electrons. The van der Waals surface area contributed by atoms with Gasteiger partial charge >= 0.3 is 0 Å². The summed E-state index contributed by atoms with van der Waals surface area (Å²) < 4.78 is 5.81. The van der Waals surface area contributed by atoms with E-state index in [1.54, 1.807) is 0 Å². The van der Waals surface area contributed by atoms with Gasteiger partial charge in [0.25, 0.3) is 0 Å². The van der Waals surface area contributed by atoms with Crippen LogP contribution >= 0.6 is 0 Å². The van der Waals surface area contributed by atoms with E-state index >= 15 is 0 Å². The quantitative estimate of drug-likeness (QED) is 0.811. The Morgan fingerprint density at radius 2 is 1.82 bits per heavy atom. The van der Waals surface area contributed by atoms with Crippen molar-refractivity contribution in [3.8, 4) is 5.75 Å². The molecular formula is C15H25NO. The van der Waals surface area contributed by atoms with Crippen LogP contribution in [0.2, 0.25) is 0 Å². The van der Waals surface area contributed by atoms with Gasteiger partial charge in [0.2, 0.25) is 0 Å². The van der Waals surface area contributed by atoms with Gasteiger partial charge in [-0.1, -0.05) is 38.5 Å². The fourth-order valence-electron chi connectivity index (χ4n) is 2.06. The molecule has 2 heteroatoms. The Labute approximate surface area is 105 Å². The predicted molar refractivity (Wildman–Crippen MR) is 73.2 cm³/mol. The van der Waals surface area contributed by atoms with E-state index < -0.39 is 0 Å². The largest absolute Gasteiger partial charge is 0.491 e. The topological polar surface area (TPSA) is 35.2 Å². The average molecular weight is 235 g/mol. The number of benzene rings is 1. The van der Waals surface area contributed by atoms with Gasteiger partial charge in [-0.15, -0.1) is 0 Å². The molecule has 0 aliphatic rings. The van der Waals surface area contributed by atoms with Crippen LogP contribution in [0.1, 0.15) is 52.1 Å². The first-order chi connectivity index (χ1) is 8.06. The maximum atomic E-state index is 6.32. The first kappa shape index (κ1) is 14.0. The fraction of sp³-hybridized carbons (Fsp3) is 0.600. The van der Waals surface area contributed by atoms with Crippen molar-refractivity contribution in [3.63, 3.8) is 0 Å². The molecule has 1 aromatic carbocycles. The molecule has 0 saturated heterocycles. The normalized spacial score (nSPS) is 14.7. The first-order valence-electron chi connectivity index (χ1n) is 6.57. The van der Waals surface area contributed by atoms with Gasteiger partial charge in [-0.25, -0.2) is 0 Å². The van der Waals surface area contributed by atoms with Gasteiger partial charge in [0.1, 0.15) is 5.75 Å². The van der Waals surface area contributed by atoms with Gasteiger partial charge in [0, 0.05) is 11.6 Å². The molecule has 2 nitrogen and oxygen atoms in total. The zero-order valence-corrected chi connectivity index (χ0v) is 11.4. The molecule has 0 spiro atoms. The summed E-state index contributed by atoms with van der Waals surface area (Å²) in [7, 11) is 0. The van der Waals surface area contributed by atoms with E-state index in [2.05, 4.69) is 19.9 Å². The van der Waals surface area contributed by atoms with Crippen LogP contribution in [-0.2, 0) is 0 Å². The minimum Gasteiger partial charge on any atom is -0.491 e. The molecule has 0 fully saturated rings. The van der Waals surface area contributed by atoms with E-state index in [1.165, 1.54) is 6.42 Å². The molecule has 2 unspecified atom stereocenters. The lowest BCUT2D eigenvalue weighted by atomic mass is 9.91. The van der Waals surface area contributed by atoms with Crippen LogP contribution in [0, 0.1) is 5.92 Å². The molecule has 2 atom stereocenters. The lowest BCUT2D eigenvalue weighted by molar-refractivity contribution is 0.236. The monoisotopic (exact) mass is 235 g/mol. The van der Waals surface area contributed by atoms with Gasteiger partial charge in [-0.2, -0.15) is 0 Å². The Morgan fingerprint density at radius 1 is 1.18 bits per heavy atom. The summed E-state index contributed by atoms with van der Waals surface area (Å²) in [5, 5.41) is 0. The van der Waals surface area contributed by atoms with Crippen LogP contribution in [0.15, 0.2) is 24.3 Å². The van der Waals surface area contributed by atoms with Crippen molar-refractivity contribution in [2.75, 3.05) is 0 Å². The van der Waals surface area contributed by atoms with E-state index in [1.807, 2.05) is 32.0 Å². The molecule has 0 amide bonds. The minimum atomic E-state index is 0.0601. The SMILES string of the molecule is CCCC(C)C(N)c1ccccc1OC(C)C. The molecule has 1 aromatic rings. The smallest absolute Gasteiger partial charge is 0.124 e. The Kier molecular flexibility index (Phi) is 5.49. The van der Waals surface area contributed by atoms with Crippen molar-refractivity contribution in [3.05, 3.63) is 29.8 Å². The van der Waals surface area contributed by atoms with Gasteiger partial charge in [0.15, 0.2) is 0 Å². The van der Waals surface area contributed by atoms with Crippen molar-refractivity contribution in [1.29, 1.82) is 0 Å². The number of hydrogen-bond acceptors (Lipinski definition) is 2. The second kappa shape index (κ2) is 6.65. The Bertz CT molecular complexity index is 335. The van der Waals surface area contributed by atoms with Crippen molar-refractivity contribution >= 4 is 0 Å². The van der Waals surface area contributed by atoms with Crippen molar-refractivity contribution in [1.82, 2.24) is 0 Å². The third-order valence-electron chi connectivity index (χ3n) is 3.00. The second-order valence-electron chi connectivity index (χ2n) is 5.00. The van der Waals surface area contributed by atoms with Crippen LogP contribution < -0.4 is 10.5 Å². The molecule has 0 bridgehead atoms. The molecule has 1 rings (SSSR count). The van der Waals surface area contributed by atoms with Gasteiger partial charge < -0.3 is 10.5 Å². The molecule has 0 aliphatic carbocycles. The predicted octanol–water partition coefficient (Wildman–Crippen LogP) is 3.91. The number of ether oxygens (including phenoxy) is 1. The van der Waals surface area contributed by atoms with E-state index in [4.69, 9.17) is 10.5 Å². The summed E-state index contributed by atoms with van der Waals surface area (Å²) in [6.45, 7) is 8.48. The highest BCUT2D eigenvalue weighted by Crippen LogP contribution is 2.30. The lowest BCUT2D eigenvalue weighted by Crippen LogP contribution is -2.20. The molecule has 96 valence electrons. The third-order valence-corrected chi connectivity index (χ3v) is 3.00. The van der Waals surface area contributed by atoms with Crippen LogP contribution in [-0.4, -0.2) is 6.10 Å². The summed E-state index contributed by atoms with van der Waals surface area (Å²) in [4.78, 5) is 0. The summed E-state index contributed by atoms with van der Waals surface area (Å²) in [5.41, 5.74) is 7.45. The van der Waals surface area contributed by atoms with E-state index in [0.717, 1.165) is 17.7 Å². The maximum Gasteiger partial charge on any atom is 0.124 e. The van der Waals surface area contributed by atoms with Crippen LogP contribution in [0.5, 0.6) is 5.75 Å². The summed E-state index contributed by atoms with van der Waals surface area (Å²) in [6, 6.07) is 8.17. The highest BCUT2D eigenvalue weighted by atomic mass is 16.5. The van der Waals surface area contributed by atoms with Crippen molar-refractivity contribution in [2.24, 2.45) is 11.7 Å². The lowest BCUT2D eigenvalue weighted by Gasteiger charge is -2.23. The number of nitrogens with two attached hydrogens (primary N) is 1. The minimum absolute atomic E-state index is 0.0601. The Hall–Kier alpha value is -1.02. The van der Waals surface area contributed by atoms with Crippen LogP contribution in [0.25, 0.3) is 0 Å². The molecule has 0 aliphatic heterocycles.